The van der Waals surface area contributed by atoms with Crippen LogP contribution in [0.1, 0.15) is 24.6 Å². The molecule has 36 heavy (non-hydrogen) atoms. The van der Waals surface area contributed by atoms with Crippen LogP contribution in [0.4, 0.5) is 17.5 Å². The second-order valence-electron chi connectivity index (χ2n) is 9.24. The van der Waals surface area contributed by atoms with E-state index in [-0.39, 0.29) is 0 Å². The number of nitrogens with one attached hydrogen (secondary N) is 1. The third-order valence-electron chi connectivity index (χ3n) is 6.60. The van der Waals surface area contributed by atoms with Crippen molar-refractivity contribution < 1.29 is 4.74 Å². The molecule has 0 atom stereocenters. The molecule has 9 heteroatoms. The van der Waals surface area contributed by atoms with Gasteiger partial charge < -0.3 is 15.0 Å². The van der Waals surface area contributed by atoms with Gasteiger partial charge in [0.25, 0.3) is 0 Å². The molecule has 0 radical (unpaired) electrons. The molecule has 0 spiro atoms. The normalized spacial score (nSPS) is 15.8. The van der Waals surface area contributed by atoms with Gasteiger partial charge in [-0.05, 0) is 37.6 Å². The molecule has 0 bridgehead atoms. The highest BCUT2D eigenvalue weighted by Gasteiger charge is 2.18. The lowest BCUT2D eigenvalue weighted by Crippen LogP contribution is -2.37. The Morgan fingerprint density at radius 2 is 1.67 bits per heavy atom. The predicted molar refractivity (Wildman–Crippen MR) is 143 cm³/mol. The van der Waals surface area contributed by atoms with Gasteiger partial charge in [0.2, 0.25) is 5.95 Å². The first kappa shape index (κ1) is 22.4. The molecule has 1 fully saturated rings. The molecule has 1 N–H and O–H groups in total. The van der Waals surface area contributed by atoms with E-state index in [9.17, 15) is 0 Å². The fourth-order valence-electron chi connectivity index (χ4n) is 4.66. The summed E-state index contributed by atoms with van der Waals surface area (Å²) < 4.78 is 7.46. The molecule has 4 aromatic rings. The number of benzene rings is 2. The molecule has 2 aromatic heterocycles. The van der Waals surface area contributed by atoms with Gasteiger partial charge in [-0.2, -0.15) is 20.3 Å². The second kappa shape index (κ2) is 9.16. The van der Waals surface area contributed by atoms with E-state index in [0.717, 1.165) is 75.9 Å². The zero-order valence-electron chi connectivity index (χ0n) is 20.7. The number of aromatic nitrogens is 4. The summed E-state index contributed by atoms with van der Waals surface area (Å²) in [6.45, 7) is 6.90. The minimum Gasteiger partial charge on any atom is -0.378 e. The van der Waals surface area contributed by atoms with Gasteiger partial charge in [0.1, 0.15) is 5.82 Å². The van der Waals surface area contributed by atoms with Crippen molar-refractivity contribution in [3.8, 4) is 11.3 Å². The second-order valence-corrected chi connectivity index (χ2v) is 9.24. The van der Waals surface area contributed by atoms with Gasteiger partial charge in [0, 0.05) is 55.0 Å². The smallest absolute Gasteiger partial charge is 0.228 e. The molecule has 9 nitrogen and oxygen atoms in total. The molecular weight excluding hydrogens is 452 g/mol. The third kappa shape index (κ3) is 4.33. The SMILES string of the molecule is CC1=NN=C(c2ccc(Nc3cc(-c4ccc5c(C)nn(C)c5c4)nc(N4CCOCC4)n3)cc2)C1. The van der Waals surface area contributed by atoms with Crippen LogP contribution in [-0.2, 0) is 11.8 Å². The Morgan fingerprint density at radius 3 is 2.42 bits per heavy atom. The van der Waals surface area contributed by atoms with E-state index in [1.54, 1.807) is 0 Å². The van der Waals surface area contributed by atoms with Gasteiger partial charge in [-0.3, -0.25) is 4.68 Å². The van der Waals surface area contributed by atoms with Crippen LogP contribution in [0, 0.1) is 6.92 Å². The topological polar surface area (TPSA) is 92.8 Å². The molecule has 0 unspecified atom stereocenters. The Balaban J connectivity index is 1.34. The van der Waals surface area contributed by atoms with E-state index in [4.69, 9.17) is 14.7 Å². The van der Waals surface area contributed by atoms with Crippen molar-refractivity contribution >= 4 is 39.8 Å². The fraction of sp³-hybridized carbons (Fsp3) is 0.296. The predicted octanol–water partition coefficient (Wildman–Crippen LogP) is 4.49. The molecule has 0 saturated carbocycles. The number of aryl methyl sites for hydroxylation is 2. The van der Waals surface area contributed by atoms with Gasteiger partial charge >= 0.3 is 0 Å². The number of ether oxygens (including phenoxy) is 1. The first-order chi connectivity index (χ1) is 17.5. The van der Waals surface area contributed by atoms with E-state index in [1.807, 2.05) is 43.8 Å². The monoisotopic (exact) mass is 480 g/mol. The number of morpholine rings is 1. The lowest BCUT2D eigenvalue weighted by Gasteiger charge is -2.27. The Kier molecular flexibility index (Phi) is 5.69. The summed E-state index contributed by atoms with van der Waals surface area (Å²) in [5, 5.41) is 17.6. The van der Waals surface area contributed by atoms with E-state index in [0.29, 0.717) is 19.2 Å². The molecule has 0 amide bonds. The maximum Gasteiger partial charge on any atom is 0.228 e. The van der Waals surface area contributed by atoms with Crippen LogP contribution >= 0.6 is 0 Å². The van der Waals surface area contributed by atoms with Gasteiger partial charge in [0.15, 0.2) is 0 Å². The first-order valence-corrected chi connectivity index (χ1v) is 12.2. The number of rotatable bonds is 5. The number of hydrogen-bond acceptors (Lipinski definition) is 8. The van der Waals surface area contributed by atoms with E-state index in [1.165, 1.54) is 0 Å². The number of fused-ring (bicyclic) bond motifs is 1. The highest BCUT2D eigenvalue weighted by atomic mass is 16.5. The van der Waals surface area contributed by atoms with Crippen LogP contribution in [0.25, 0.3) is 22.2 Å². The average Bonchev–Trinajstić information content (AvgIpc) is 3.47. The maximum atomic E-state index is 5.55. The Hall–Kier alpha value is -4.11. The average molecular weight is 481 g/mol. The fourth-order valence-corrected chi connectivity index (χ4v) is 4.66. The Bertz CT molecular complexity index is 1500. The quantitative estimate of drug-likeness (QED) is 0.453. The summed E-state index contributed by atoms with van der Waals surface area (Å²) in [7, 11) is 1.97. The molecule has 6 rings (SSSR count). The van der Waals surface area contributed by atoms with E-state index >= 15 is 0 Å². The highest BCUT2D eigenvalue weighted by Crippen LogP contribution is 2.29. The minimum absolute atomic E-state index is 0.672. The van der Waals surface area contributed by atoms with E-state index < -0.39 is 0 Å². The van der Waals surface area contributed by atoms with Crippen molar-refractivity contribution in [2.45, 2.75) is 20.3 Å². The van der Waals surface area contributed by atoms with Gasteiger partial charge in [-0.1, -0.05) is 24.3 Å². The third-order valence-corrected chi connectivity index (χ3v) is 6.60. The largest absolute Gasteiger partial charge is 0.378 e. The molecule has 4 heterocycles. The number of nitrogens with zero attached hydrogens (tertiary/aromatic N) is 7. The highest BCUT2D eigenvalue weighted by molar-refractivity contribution is 6.14. The van der Waals surface area contributed by atoms with Gasteiger partial charge in [-0.25, -0.2) is 4.98 Å². The molecule has 1 saturated heterocycles. The summed E-state index contributed by atoms with van der Waals surface area (Å²) in [5.74, 6) is 1.44. The summed E-state index contributed by atoms with van der Waals surface area (Å²) in [6.07, 6.45) is 0.797. The standard InChI is InChI=1S/C27H28N8O/c1-17-14-24(32-31-17)19-4-7-21(8-5-19)28-26-16-23(29-27(30-26)35-10-12-36-13-11-35)20-6-9-22-18(2)33-34(3)25(22)15-20/h4-9,15-16H,10-14H2,1-3H3,(H,28,29,30). The zero-order chi connectivity index (χ0) is 24.6. The summed E-state index contributed by atoms with van der Waals surface area (Å²) in [5.41, 5.74) is 8.05. The molecule has 0 aliphatic carbocycles. The van der Waals surface area contributed by atoms with E-state index in [2.05, 4.69) is 55.9 Å². The van der Waals surface area contributed by atoms with Crippen molar-refractivity contribution in [3.05, 3.63) is 59.8 Å². The molecule has 182 valence electrons. The first-order valence-electron chi connectivity index (χ1n) is 12.2. The Labute approximate surface area is 209 Å². The van der Waals surface area contributed by atoms with Crippen LogP contribution in [0.3, 0.4) is 0 Å². The van der Waals surface area contributed by atoms with Crippen LogP contribution in [0.5, 0.6) is 0 Å². The van der Waals surface area contributed by atoms with Crippen LogP contribution in [0.2, 0.25) is 0 Å². The van der Waals surface area contributed by atoms with Crippen molar-refractivity contribution in [3.63, 3.8) is 0 Å². The van der Waals surface area contributed by atoms with Crippen molar-refractivity contribution in [2.75, 3.05) is 36.5 Å². The van der Waals surface area contributed by atoms with Gasteiger partial charge in [-0.15, -0.1) is 0 Å². The molecule has 2 aromatic carbocycles. The van der Waals surface area contributed by atoms with Crippen LogP contribution < -0.4 is 10.2 Å². The lowest BCUT2D eigenvalue weighted by molar-refractivity contribution is 0.122. The maximum absolute atomic E-state index is 5.55. The molecule has 2 aliphatic heterocycles. The zero-order valence-corrected chi connectivity index (χ0v) is 20.7. The molecule has 2 aliphatic rings. The van der Waals surface area contributed by atoms with Gasteiger partial charge in [0.05, 0.1) is 35.8 Å². The number of anilines is 3. The Morgan fingerprint density at radius 1 is 0.889 bits per heavy atom. The van der Waals surface area contributed by atoms with Crippen LogP contribution in [-0.4, -0.2) is 57.5 Å². The van der Waals surface area contributed by atoms with Crippen molar-refractivity contribution in [2.24, 2.45) is 17.3 Å². The van der Waals surface area contributed by atoms with Crippen molar-refractivity contribution in [1.29, 1.82) is 0 Å². The number of hydrogen-bond donors (Lipinski definition) is 1. The lowest BCUT2D eigenvalue weighted by atomic mass is 10.1. The van der Waals surface area contributed by atoms with Crippen LogP contribution in [0.15, 0.2) is 58.7 Å². The summed E-state index contributed by atoms with van der Waals surface area (Å²) in [4.78, 5) is 12.0. The minimum atomic E-state index is 0.672. The summed E-state index contributed by atoms with van der Waals surface area (Å²) >= 11 is 0. The molecular formula is C27H28N8O. The summed E-state index contributed by atoms with van der Waals surface area (Å²) in [6, 6.07) is 16.6. The van der Waals surface area contributed by atoms with Crippen molar-refractivity contribution in [1.82, 2.24) is 19.7 Å².